The molecular weight excluding hydrogens is 393 g/mol. The number of aromatic nitrogens is 3. The number of hydrogen-bond acceptors (Lipinski definition) is 5. The van der Waals surface area contributed by atoms with E-state index in [-0.39, 0.29) is 11.2 Å². The van der Waals surface area contributed by atoms with Crippen molar-refractivity contribution in [3.8, 4) is 11.4 Å². The minimum atomic E-state index is -1.70. The van der Waals surface area contributed by atoms with Gasteiger partial charge in [0.15, 0.2) is 11.6 Å². The SMILES string of the molecule is CC(C)(C)c1ccc(-c2nc(N3CCNCC3)nc(C(Cl)(Cl)Cl)n2)cc1. The highest BCUT2D eigenvalue weighted by Crippen LogP contribution is 2.37. The first-order valence-electron chi connectivity index (χ1n) is 8.54. The Morgan fingerprint density at radius 1 is 0.923 bits per heavy atom. The third-order valence-corrected chi connectivity index (χ3v) is 4.79. The average molecular weight is 415 g/mol. The van der Waals surface area contributed by atoms with Crippen molar-refractivity contribution in [3.63, 3.8) is 0 Å². The van der Waals surface area contributed by atoms with Gasteiger partial charge in [0.1, 0.15) is 0 Å². The maximum Gasteiger partial charge on any atom is 0.250 e. The van der Waals surface area contributed by atoms with Gasteiger partial charge >= 0.3 is 0 Å². The lowest BCUT2D eigenvalue weighted by Crippen LogP contribution is -2.44. The van der Waals surface area contributed by atoms with Crippen LogP contribution in [0.5, 0.6) is 0 Å². The van der Waals surface area contributed by atoms with Gasteiger partial charge in [-0.05, 0) is 11.0 Å². The molecule has 0 saturated carbocycles. The third-order valence-electron chi connectivity index (χ3n) is 4.29. The molecule has 26 heavy (non-hydrogen) atoms. The summed E-state index contributed by atoms with van der Waals surface area (Å²) in [4.78, 5) is 15.5. The summed E-state index contributed by atoms with van der Waals surface area (Å²) in [6.07, 6.45) is 0. The summed E-state index contributed by atoms with van der Waals surface area (Å²) in [7, 11) is 0. The van der Waals surface area contributed by atoms with Crippen molar-refractivity contribution in [2.24, 2.45) is 0 Å². The smallest absolute Gasteiger partial charge is 0.250 e. The topological polar surface area (TPSA) is 53.9 Å². The zero-order valence-corrected chi connectivity index (χ0v) is 17.3. The van der Waals surface area contributed by atoms with E-state index in [2.05, 4.69) is 58.1 Å². The van der Waals surface area contributed by atoms with E-state index in [1.807, 2.05) is 12.1 Å². The molecule has 0 atom stereocenters. The number of nitrogens with zero attached hydrogens (tertiary/aromatic N) is 4. The van der Waals surface area contributed by atoms with E-state index >= 15 is 0 Å². The number of alkyl halides is 3. The molecule has 1 aromatic carbocycles. The lowest BCUT2D eigenvalue weighted by molar-refractivity contribution is 0.578. The molecule has 1 aliphatic rings. The van der Waals surface area contributed by atoms with E-state index in [0.29, 0.717) is 11.8 Å². The summed E-state index contributed by atoms with van der Waals surface area (Å²) < 4.78 is -1.70. The van der Waals surface area contributed by atoms with Gasteiger partial charge in [-0.1, -0.05) is 79.8 Å². The molecule has 2 aromatic rings. The first-order chi connectivity index (χ1) is 12.1. The highest BCUT2D eigenvalue weighted by Gasteiger charge is 2.29. The van der Waals surface area contributed by atoms with Crippen LogP contribution in [0.1, 0.15) is 32.2 Å². The fourth-order valence-electron chi connectivity index (χ4n) is 2.75. The molecule has 0 spiro atoms. The Kier molecular flexibility index (Phi) is 5.63. The van der Waals surface area contributed by atoms with Crippen LogP contribution in [0.4, 0.5) is 5.95 Å². The molecule has 5 nitrogen and oxygen atoms in total. The quantitative estimate of drug-likeness (QED) is 0.751. The molecule has 8 heteroatoms. The average Bonchev–Trinajstić information content (AvgIpc) is 2.61. The van der Waals surface area contributed by atoms with Crippen LogP contribution in [0.3, 0.4) is 0 Å². The molecule has 1 aromatic heterocycles. The second-order valence-electron chi connectivity index (χ2n) is 7.34. The van der Waals surface area contributed by atoms with Crippen molar-refractivity contribution >= 4 is 40.8 Å². The molecule has 0 aliphatic carbocycles. The number of nitrogens with one attached hydrogen (secondary N) is 1. The first kappa shape index (κ1) is 19.6. The molecule has 0 unspecified atom stereocenters. The maximum atomic E-state index is 6.06. The molecule has 1 aliphatic heterocycles. The van der Waals surface area contributed by atoms with Crippen LogP contribution >= 0.6 is 34.8 Å². The van der Waals surface area contributed by atoms with Crippen molar-refractivity contribution in [3.05, 3.63) is 35.7 Å². The van der Waals surface area contributed by atoms with Gasteiger partial charge in [-0.15, -0.1) is 0 Å². The molecule has 1 saturated heterocycles. The minimum Gasteiger partial charge on any atom is -0.338 e. The van der Waals surface area contributed by atoms with Crippen LogP contribution in [-0.2, 0) is 9.21 Å². The van der Waals surface area contributed by atoms with E-state index in [4.69, 9.17) is 34.8 Å². The van der Waals surface area contributed by atoms with Gasteiger partial charge in [-0.25, -0.2) is 4.98 Å². The van der Waals surface area contributed by atoms with Crippen molar-refractivity contribution in [2.45, 2.75) is 30.0 Å². The second-order valence-corrected chi connectivity index (χ2v) is 9.63. The Labute approximate surface area is 169 Å². The highest BCUT2D eigenvalue weighted by molar-refractivity contribution is 6.66. The first-order valence-corrected chi connectivity index (χ1v) is 9.68. The molecule has 3 rings (SSSR count). The lowest BCUT2D eigenvalue weighted by atomic mass is 9.87. The zero-order chi connectivity index (χ0) is 18.9. The Morgan fingerprint density at radius 2 is 1.54 bits per heavy atom. The van der Waals surface area contributed by atoms with Crippen LogP contribution in [0, 0.1) is 0 Å². The lowest BCUT2D eigenvalue weighted by Gasteiger charge is -2.28. The summed E-state index contributed by atoms with van der Waals surface area (Å²) in [5.74, 6) is 1.19. The van der Waals surface area contributed by atoms with E-state index in [0.717, 1.165) is 31.7 Å². The highest BCUT2D eigenvalue weighted by atomic mass is 35.6. The number of benzene rings is 1. The van der Waals surface area contributed by atoms with E-state index in [1.54, 1.807) is 0 Å². The Morgan fingerprint density at radius 3 is 2.08 bits per heavy atom. The monoisotopic (exact) mass is 413 g/mol. The van der Waals surface area contributed by atoms with Gasteiger partial charge in [0.05, 0.1) is 0 Å². The Hall–Kier alpha value is -1.14. The van der Waals surface area contributed by atoms with Crippen molar-refractivity contribution in [1.82, 2.24) is 20.3 Å². The van der Waals surface area contributed by atoms with Gasteiger partial charge < -0.3 is 10.2 Å². The summed E-state index contributed by atoms with van der Waals surface area (Å²) in [5.41, 5.74) is 2.18. The third kappa shape index (κ3) is 4.58. The van der Waals surface area contributed by atoms with Crippen LogP contribution in [0.15, 0.2) is 24.3 Å². The number of halogens is 3. The van der Waals surface area contributed by atoms with Gasteiger partial charge in [-0.2, -0.15) is 9.97 Å². The summed E-state index contributed by atoms with van der Waals surface area (Å²) in [5, 5.41) is 3.30. The standard InChI is InChI=1S/C18H22Cl3N5/c1-17(2,3)13-6-4-12(5-7-13)14-23-15(18(19,20)21)25-16(24-14)26-10-8-22-9-11-26/h4-7,22H,8-11H2,1-3H3. The molecule has 0 radical (unpaired) electrons. The van der Waals surface area contributed by atoms with Crippen LogP contribution in [-0.4, -0.2) is 41.1 Å². The largest absolute Gasteiger partial charge is 0.338 e. The predicted octanol–water partition coefficient (Wildman–Crippen LogP) is 4.07. The molecular formula is C18H22Cl3N5. The second kappa shape index (κ2) is 7.47. The normalized spacial score (nSPS) is 16.0. The van der Waals surface area contributed by atoms with Gasteiger partial charge in [0, 0.05) is 31.7 Å². The summed E-state index contributed by atoms with van der Waals surface area (Å²) in [6.45, 7) is 9.85. The Bertz CT molecular complexity index is 760. The van der Waals surface area contributed by atoms with Gasteiger partial charge in [0.25, 0.3) is 0 Å². The molecule has 1 N–H and O–H groups in total. The number of piperazine rings is 1. The zero-order valence-electron chi connectivity index (χ0n) is 15.1. The molecule has 140 valence electrons. The fraction of sp³-hybridized carbons (Fsp3) is 0.500. The van der Waals surface area contributed by atoms with E-state index < -0.39 is 3.79 Å². The maximum absolute atomic E-state index is 6.06. The Balaban J connectivity index is 2.02. The van der Waals surface area contributed by atoms with E-state index in [9.17, 15) is 0 Å². The summed E-state index contributed by atoms with van der Waals surface area (Å²) >= 11 is 18.2. The van der Waals surface area contributed by atoms with Crippen molar-refractivity contribution in [1.29, 1.82) is 0 Å². The fourth-order valence-corrected chi connectivity index (χ4v) is 3.00. The number of hydrogen-bond donors (Lipinski definition) is 1. The molecule has 2 heterocycles. The van der Waals surface area contributed by atoms with E-state index in [1.165, 1.54) is 5.56 Å². The molecule has 0 bridgehead atoms. The summed E-state index contributed by atoms with van der Waals surface area (Å²) in [6, 6.07) is 8.16. The van der Waals surface area contributed by atoms with Crippen LogP contribution in [0.2, 0.25) is 0 Å². The molecule has 1 fully saturated rings. The predicted molar refractivity (Wildman–Crippen MR) is 108 cm³/mol. The van der Waals surface area contributed by atoms with Gasteiger partial charge in [0.2, 0.25) is 9.74 Å². The minimum absolute atomic E-state index is 0.0757. The van der Waals surface area contributed by atoms with Gasteiger partial charge in [-0.3, -0.25) is 0 Å². The molecule has 0 amide bonds. The van der Waals surface area contributed by atoms with Crippen molar-refractivity contribution < 1.29 is 0 Å². The van der Waals surface area contributed by atoms with Crippen molar-refractivity contribution in [2.75, 3.05) is 31.1 Å². The number of anilines is 1. The van der Waals surface area contributed by atoms with Crippen LogP contribution < -0.4 is 10.2 Å². The number of rotatable bonds is 2. The van der Waals surface area contributed by atoms with Crippen LogP contribution in [0.25, 0.3) is 11.4 Å².